The van der Waals surface area contributed by atoms with Crippen LogP contribution in [0.5, 0.6) is 0 Å². The van der Waals surface area contributed by atoms with Gasteiger partial charge in [-0.2, -0.15) is 0 Å². The molecule has 0 bridgehead atoms. The van der Waals surface area contributed by atoms with Crippen LogP contribution in [0, 0.1) is 0 Å². The molecule has 3 nitrogen and oxygen atoms in total. The molecule has 0 unspecified atom stereocenters. The lowest BCUT2D eigenvalue weighted by Gasteiger charge is -2.23. The number of unbranched alkanes of at least 4 members (excludes halogenated alkanes) is 4. The summed E-state index contributed by atoms with van der Waals surface area (Å²) in [5, 5.41) is 2.83. The summed E-state index contributed by atoms with van der Waals surface area (Å²) in [6.45, 7) is 6.04. The van der Waals surface area contributed by atoms with E-state index >= 15 is 0 Å². The van der Waals surface area contributed by atoms with Crippen LogP contribution < -0.4 is 5.32 Å². The molecular formula is C15H25NO2. The van der Waals surface area contributed by atoms with Crippen LogP contribution in [0.25, 0.3) is 0 Å². The minimum Gasteiger partial charge on any atom is -0.349 e. The van der Waals surface area contributed by atoms with Gasteiger partial charge in [0.2, 0.25) is 0 Å². The summed E-state index contributed by atoms with van der Waals surface area (Å²) in [6.07, 6.45) is 6.92. The Labute approximate surface area is 110 Å². The van der Waals surface area contributed by atoms with Gasteiger partial charge in [0.25, 0.3) is 5.91 Å². The molecule has 18 heavy (non-hydrogen) atoms. The van der Waals surface area contributed by atoms with Crippen molar-refractivity contribution in [3.63, 3.8) is 0 Å². The van der Waals surface area contributed by atoms with Crippen molar-refractivity contribution >= 4 is 11.7 Å². The summed E-state index contributed by atoms with van der Waals surface area (Å²) < 4.78 is 0. The van der Waals surface area contributed by atoms with Gasteiger partial charge in [0, 0.05) is 12.5 Å². The summed E-state index contributed by atoms with van der Waals surface area (Å²) >= 11 is 0. The van der Waals surface area contributed by atoms with E-state index in [1.54, 1.807) is 0 Å². The monoisotopic (exact) mass is 251 g/mol. The standard InChI is InChI=1S/C15H25NO2/c1-4-5-6-7-8-9-13(17)14-11(2)10-12(3)16-15(14)18/h12H,4-10H2,1-3H3,(H,16,18)/t12-/m0/s1. The Bertz CT molecular complexity index is 344. The molecule has 1 N–H and O–H groups in total. The van der Waals surface area contributed by atoms with Crippen LogP contribution in [-0.2, 0) is 9.59 Å². The number of rotatable bonds is 7. The van der Waals surface area contributed by atoms with Gasteiger partial charge in [-0.3, -0.25) is 9.59 Å². The van der Waals surface area contributed by atoms with Crippen molar-refractivity contribution in [2.24, 2.45) is 0 Å². The van der Waals surface area contributed by atoms with Gasteiger partial charge in [0.05, 0.1) is 5.57 Å². The van der Waals surface area contributed by atoms with Gasteiger partial charge in [-0.05, 0) is 26.7 Å². The zero-order chi connectivity index (χ0) is 13.5. The van der Waals surface area contributed by atoms with E-state index in [9.17, 15) is 9.59 Å². The average molecular weight is 251 g/mol. The SMILES string of the molecule is CCCCCCCC(=O)C1=C(C)C[C@H](C)NC1=O. The summed E-state index contributed by atoms with van der Waals surface area (Å²) in [4.78, 5) is 23.8. The Hall–Kier alpha value is -1.12. The maximum Gasteiger partial charge on any atom is 0.255 e. The maximum absolute atomic E-state index is 12.0. The first-order valence-corrected chi connectivity index (χ1v) is 7.10. The molecule has 1 atom stereocenters. The molecule has 102 valence electrons. The second-order valence-electron chi connectivity index (χ2n) is 5.32. The maximum atomic E-state index is 12.0. The molecule has 1 aliphatic rings. The van der Waals surface area contributed by atoms with Crippen molar-refractivity contribution in [3.05, 3.63) is 11.1 Å². The molecule has 0 spiro atoms. The van der Waals surface area contributed by atoms with Crippen LogP contribution in [0.4, 0.5) is 0 Å². The molecule has 1 amide bonds. The topological polar surface area (TPSA) is 46.2 Å². The number of ketones is 1. The van der Waals surface area contributed by atoms with Crippen molar-refractivity contribution < 1.29 is 9.59 Å². The number of nitrogens with one attached hydrogen (secondary N) is 1. The van der Waals surface area contributed by atoms with Crippen LogP contribution in [-0.4, -0.2) is 17.7 Å². The molecule has 1 rings (SSSR count). The number of hydrogen-bond acceptors (Lipinski definition) is 2. The van der Waals surface area contributed by atoms with Gasteiger partial charge in [-0.15, -0.1) is 0 Å². The lowest BCUT2D eigenvalue weighted by molar-refractivity contribution is -0.123. The molecule has 1 heterocycles. The molecule has 0 saturated carbocycles. The fourth-order valence-electron chi connectivity index (χ4n) is 2.48. The van der Waals surface area contributed by atoms with Crippen LogP contribution in [0.3, 0.4) is 0 Å². The highest BCUT2D eigenvalue weighted by Crippen LogP contribution is 2.20. The van der Waals surface area contributed by atoms with Gasteiger partial charge < -0.3 is 5.32 Å². The first-order chi connectivity index (χ1) is 8.56. The molecule has 0 aliphatic carbocycles. The molecule has 0 aromatic rings. The highest BCUT2D eigenvalue weighted by molar-refractivity contribution is 6.20. The summed E-state index contributed by atoms with van der Waals surface area (Å²) in [6, 6.07) is 0.151. The van der Waals surface area contributed by atoms with Crippen molar-refractivity contribution in [3.8, 4) is 0 Å². The zero-order valence-corrected chi connectivity index (χ0v) is 11.8. The van der Waals surface area contributed by atoms with Crippen molar-refractivity contribution in [2.45, 2.75) is 71.8 Å². The van der Waals surface area contributed by atoms with E-state index in [0.717, 1.165) is 24.8 Å². The Balaban J connectivity index is 2.45. The third-order valence-electron chi connectivity index (χ3n) is 3.43. The molecule has 0 aromatic carbocycles. The second kappa shape index (κ2) is 7.34. The van der Waals surface area contributed by atoms with E-state index in [4.69, 9.17) is 0 Å². The summed E-state index contributed by atoms with van der Waals surface area (Å²) in [7, 11) is 0. The van der Waals surface area contributed by atoms with Gasteiger partial charge in [0.1, 0.15) is 0 Å². The van der Waals surface area contributed by atoms with E-state index in [0.29, 0.717) is 12.0 Å². The minimum atomic E-state index is -0.176. The minimum absolute atomic E-state index is 0.0217. The molecule has 0 fully saturated rings. The Morgan fingerprint density at radius 3 is 2.56 bits per heavy atom. The number of carbonyl (C=O) groups is 2. The van der Waals surface area contributed by atoms with Gasteiger partial charge in [-0.1, -0.05) is 38.2 Å². The van der Waals surface area contributed by atoms with Crippen molar-refractivity contribution in [1.82, 2.24) is 5.32 Å². The highest BCUT2D eigenvalue weighted by atomic mass is 16.2. The van der Waals surface area contributed by atoms with E-state index in [1.807, 2.05) is 13.8 Å². The predicted octanol–water partition coefficient (Wildman–Crippen LogP) is 3.14. The van der Waals surface area contributed by atoms with Gasteiger partial charge >= 0.3 is 0 Å². The van der Waals surface area contributed by atoms with Crippen molar-refractivity contribution in [1.29, 1.82) is 0 Å². The van der Waals surface area contributed by atoms with Gasteiger partial charge in [0.15, 0.2) is 5.78 Å². The van der Waals surface area contributed by atoms with E-state index < -0.39 is 0 Å². The molecule has 3 heteroatoms. The Morgan fingerprint density at radius 1 is 1.28 bits per heavy atom. The fourth-order valence-corrected chi connectivity index (χ4v) is 2.48. The van der Waals surface area contributed by atoms with E-state index in [1.165, 1.54) is 19.3 Å². The number of hydrogen-bond donors (Lipinski definition) is 1. The highest BCUT2D eigenvalue weighted by Gasteiger charge is 2.26. The van der Waals surface area contributed by atoms with Gasteiger partial charge in [-0.25, -0.2) is 0 Å². The normalized spacial score (nSPS) is 19.9. The first kappa shape index (κ1) is 14.9. The summed E-state index contributed by atoms with van der Waals surface area (Å²) in [5.41, 5.74) is 1.37. The lowest BCUT2D eigenvalue weighted by Crippen LogP contribution is -2.40. The lowest BCUT2D eigenvalue weighted by atomic mass is 9.92. The zero-order valence-electron chi connectivity index (χ0n) is 11.8. The third kappa shape index (κ3) is 4.28. The Kier molecular flexibility index (Phi) is 6.10. The van der Waals surface area contributed by atoms with Crippen molar-refractivity contribution in [2.75, 3.05) is 0 Å². The molecule has 0 aromatic heterocycles. The predicted molar refractivity (Wildman–Crippen MR) is 73.3 cm³/mol. The molecule has 1 aliphatic heterocycles. The quantitative estimate of drug-likeness (QED) is 0.558. The first-order valence-electron chi connectivity index (χ1n) is 7.10. The molecular weight excluding hydrogens is 226 g/mol. The smallest absolute Gasteiger partial charge is 0.255 e. The van der Waals surface area contributed by atoms with Crippen LogP contribution in [0.1, 0.15) is 65.7 Å². The average Bonchev–Trinajstić information content (AvgIpc) is 2.27. The Morgan fingerprint density at radius 2 is 1.94 bits per heavy atom. The molecule has 0 saturated heterocycles. The third-order valence-corrected chi connectivity index (χ3v) is 3.43. The van der Waals surface area contributed by atoms with Crippen LogP contribution in [0.2, 0.25) is 0 Å². The van der Waals surface area contributed by atoms with E-state index in [2.05, 4.69) is 12.2 Å². The summed E-state index contributed by atoms with van der Waals surface area (Å²) in [5.74, 6) is -0.154. The number of Topliss-reactive ketones (excluding diaryl/α,β-unsaturated/α-hetero) is 1. The number of carbonyl (C=O) groups excluding carboxylic acids is 2. The van der Waals surface area contributed by atoms with Crippen LogP contribution in [0.15, 0.2) is 11.1 Å². The fraction of sp³-hybridized carbons (Fsp3) is 0.733. The van der Waals surface area contributed by atoms with E-state index in [-0.39, 0.29) is 17.7 Å². The second-order valence-corrected chi connectivity index (χ2v) is 5.32. The molecule has 0 radical (unpaired) electrons. The van der Waals surface area contributed by atoms with Crippen LogP contribution >= 0.6 is 0 Å². The number of amides is 1. The largest absolute Gasteiger partial charge is 0.349 e.